The van der Waals surface area contributed by atoms with Crippen molar-refractivity contribution >= 4 is 24.5 Å². The zero-order chi connectivity index (χ0) is 22.1. The SMILES string of the molecule is COc1ccc(CN(SN(CC=O)Cc2ccc(C)cc2)C(=O)OC(C)(C)C)cc1. The van der Waals surface area contributed by atoms with Crippen LogP contribution in [-0.4, -0.2) is 40.2 Å². The maximum Gasteiger partial charge on any atom is 0.421 e. The molecule has 0 radical (unpaired) electrons. The zero-order valence-electron chi connectivity index (χ0n) is 18.3. The third-order valence-corrected chi connectivity index (χ3v) is 5.04. The molecule has 6 nitrogen and oxygen atoms in total. The molecular formula is C23H30N2O4S. The van der Waals surface area contributed by atoms with Gasteiger partial charge in [0.25, 0.3) is 0 Å². The molecule has 0 saturated carbocycles. The predicted molar refractivity (Wildman–Crippen MR) is 120 cm³/mol. The van der Waals surface area contributed by atoms with E-state index in [9.17, 15) is 9.59 Å². The Bertz CT molecular complexity index is 817. The van der Waals surface area contributed by atoms with Gasteiger partial charge in [-0.25, -0.2) is 13.4 Å². The summed E-state index contributed by atoms with van der Waals surface area (Å²) in [6.45, 7) is 8.55. The number of aryl methyl sites for hydroxylation is 1. The summed E-state index contributed by atoms with van der Waals surface area (Å²) in [4.78, 5) is 24.1. The monoisotopic (exact) mass is 430 g/mol. The maximum atomic E-state index is 12.9. The Morgan fingerprint density at radius 3 is 2.10 bits per heavy atom. The van der Waals surface area contributed by atoms with Crippen molar-refractivity contribution < 1.29 is 19.1 Å². The van der Waals surface area contributed by atoms with E-state index in [0.29, 0.717) is 13.1 Å². The Kier molecular flexibility index (Phi) is 8.74. The molecule has 0 spiro atoms. The first-order valence-electron chi connectivity index (χ1n) is 9.76. The fourth-order valence-corrected chi connectivity index (χ4v) is 3.51. The average Bonchev–Trinajstić information content (AvgIpc) is 2.68. The second kappa shape index (κ2) is 11.0. The van der Waals surface area contributed by atoms with Crippen LogP contribution in [0.5, 0.6) is 5.75 Å². The molecule has 0 aliphatic heterocycles. The van der Waals surface area contributed by atoms with Crippen LogP contribution >= 0.6 is 12.1 Å². The quantitative estimate of drug-likeness (QED) is 0.412. The summed E-state index contributed by atoms with van der Waals surface area (Å²) in [7, 11) is 1.61. The lowest BCUT2D eigenvalue weighted by Gasteiger charge is -2.30. The van der Waals surface area contributed by atoms with E-state index in [1.165, 1.54) is 22.0 Å². The van der Waals surface area contributed by atoms with Gasteiger partial charge >= 0.3 is 6.09 Å². The number of hydrogen-bond acceptors (Lipinski definition) is 6. The lowest BCUT2D eigenvalue weighted by molar-refractivity contribution is -0.108. The molecule has 7 heteroatoms. The smallest absolute Gasteiger partial charge is 0.421 e. The lowest BCUT2D eigenvalue weighted by Crippen LogP contribution is -2.35. The van der Waals surface area contributed by atoms with Crippen LogP contribution < -0.4 is 4.74 Å². The van der Waals surface area contributed by atoms with Gasteiger partial charge in [0.15, 0.2) is 0 Å². The summed E-state index contributed by atoms with van der Waals surface area (Å²) in [5.74, 6) is 0.747. The van der Waals surface area contributed by atoms with Crippen LogP contribution in [0.2, 0.25) is 0 Å². The number of benzene rings is 2. The Hall–Kier alpha value is -2.51. The highest BCUT2D eigenvalue weighted by Crippen LogP contribution is 2.25. The highest BCUT2D eigenvalue weighted by Gasteiger charge is 2.25. The molecule has 0 saturated heterocycles. The predicted octanol–water partition coefficient (Wildman–Crippen LogP) is 5.01. The summed E-state index contributed by atoms with van der Waals surface area (Å²) in [5.41, 5.74) is 2.53. The van der Waals surface area contributed by atoms with E-state index >= 15 is 0 Å². The second-order valence-electron chi connectivity index (χ2n) is 7.92. The van der Waals surface area contributed by atoms with Gasteiger partial charge in [-0.05, 0) is 51.0 Å². The largest absolute Gasteiger partial charge is 0.497 e. The first-order valence-corrected chi connectivity index (χ1v) is 10.5. The van der Waals surface area contributed by atoms with Gasteiger partial charge in [0.2, 0.25) is 0 Å². The number of nitrogens with zero attached hydrogens (tertiary/aromatic N) is 2. The minimum atomic E-state index is -0.623. The molecule has 0 unspecified atom stereocenters. The van der Waals surface area contributed by atoms with Crippen LogP contribution in [0.15, 0.2) is 48.5 Å². The molecule has 0 N–H and O–H groups in total. The number of amides is 1. The van der Waals surface area contributed by atoms with Crippen molar-refractivity contribution in [2.45, 2.75) is 46.4 Å². The van der Waals surface area contributed by atoms with Crippen molar-refractivity contribution in [2.24, 2.45) is 0 Å². The van der Waals surface area contributed by atoms with Gasteiger partial charge in [-0.1, -0.05) is 42.0 Å². The summed E-state index contributed by atoms with van der Waals surface area (Å²) in [6, 6.07) is 15.6. The number of hydrogen-bond donors (Lipinski definition) is 0. The topological polar surface area (TPSA) is 59.1 Å². The molecule has 30 heavy (non-hydrogen) atoms. The molecule has 1 amide bonds. The molecule has 0 aliphatic rings. The highest BCUT2D eigenvalue weighted by atomic mass is 32.2. The Morgan fingerprint density at radius 1 is 1.00 bits per heavy atom. The molecule has 2 rings (SSSR count). The third-order valence-electron chi connectivity index (χ3n) is 4.05. The van der Waals surface area contributed by atoms with Crippen LogP contribution in [0.25, 0.3) is 0 Å². The van der Waals surface area contributed by atoms with Crippen molar-refractivity contribution in [2.75, 3.05) is 13.7 Å². The highest BCUT2D eigenvalue weighted by molar-refractivity contribution is 7.95. The number of aldehydes is 1. The number of carbonyl (C=O) groups is 2. The van der Waals surface area contributed by atoms with E-state index in [2.05, 4.69) is 0 Å². The van der Waals surface area contributed by atoms with Crippen molar-refractivity contribution in [3.63, 3.8) is 0 Å². The normalized spacial score (nSPS) is 11.3. The molecule has 2 aromatic carbocycles. The van der Waals surface area contributed by atoms with E-state index < -0.39 is 11.7 Å². The van der Waals surface area contributed by atoms with Gasteiger partial charge in [0.1, 0.15) is 17.6 Å². The van der Waals surface area contributed by atoms with E-state index in [-0.39, 0.29) is 6.54 Å². The molecule has 0 atom stereocenters. The van der Waals surface area contributed by atoms with Gasteiger partial charge in [-0.15, -0.1) is 0 Å². The minimum absolute atomic E-state index is 0.181. The molecule has 0 heterocycles. The molecule has 162 valence electrons. The van der Waals surface area contributed by atoms with E-state index in [4.69, 9.17) is 9.47 Å². The fraction of sp³-hybridized carbons (Fsp3) is 0.391. The summed E-state index contributed by atoms with van der Waals surface area (Å²) >= 11 is 1.20. The van der Waals surface area contributed by atoms with Gasteiger partial charge in [0, 0.05) is 18.7 Å². The third kappa shape index (κ3) is 8.08. The summed E-state index contributed by atoms with van der Waals surface area (Å²) in [6.07, 6.45) is 0.380. The Balaban J connectivity index is 2.19. The zero-order valence-corrected chi connectivity index (χ0v) is 19.1. The summed E-state index contributed by atoms with van der Waals surface area (Å²) < 4.78 is 14.2. The van der Waals surface area contributed by atoms with Gasteiger partial charge < -0.3 is 14.3 Å². The van der Waals surface area contributed by atoms with Crippen LogP contribution in [0.1, 0.15) is 37.5 Å². The Labute approximate surface area is 183 Å². The Morgan fingerprint density at radius 2 is 1.57 bits per heavy atom. The number of carbonyl (C=O) groups excluding carboxylic acids is 2. The fourth-order valence-electron chi connectivity index (χ4n) is 2.58. The lowest BCUT2D eigenvalue weighted by atomic mass is 10.1. The molecule has 0 aliphatic carbocycles. The van der Waals surface area contributed by atoms with Crippen LogP contribution in [0.3, 0.4) is 0 Å². The molecule has 0 bridgehead atoms. The number of rotatable bonds is 9. The standard InChI is InChI=1S/C23H30N2O4S/c1-18-6-8-19(9-7-18)16-24(14-15-26)30-25(22(27)29-23(2,3)4)17-20-10-12-21(28-5)13-11-20/h6-13,15H,14,16-17H2,1-5H3. The number of methoxy groups -OCH3 is 1. The first kappa shape index (κ1) is 23.8. The van der Waals surface area contributed by atoms with E-state index in [0.717, 1.165) is 23.2 Å². The van der Waals surface area contributed by atoms with E-state index in [1.807, 2.05) is 80.5 Å². The molecular weight excluding hydrogens is 400 g/mol. The second-order valence-corrected chi connectivity index (χ2v) is 9.04. The molecule has 0 fully saturated rings. The van der Waals surface area contributed by atoms with Crippen LogP contribution in [-0.2, 0) is 22.6 Å². The minimum Gasteiger partial charge on any atom is -0.497 e. The van der Waals surface area contributed by atoms with Gasteiger partial charge in [-0.2, -0.15) is 0 Å². The van der Waals surface area contributed by atoms with Crippen LogP contribution in [0.4, 0.5) is 4.79 Å². The molecule has 0 aromatic heterocycles. The maximum absolute atomic E-state index is 12.9. The number of ether oxygens (including phenoxy) is 2. The first-order chi connectivity index (χ1) is 14.2. The van der Waals surface area contributed by atoms with Gasteiger partial charge in [-0.3, -0.25) is 0 Å². The van der Waals surface area contributed by atoms with Crippen molar-refractivity contribution in [3.05, 3.63) is 65.2 Å². The van der Waals surface area contributed by atoms with Crippen LogP contribution in [0, 0.1) is 6.92 Å². The van der Waals surface area contributed by atoms with Gasteiger partial charge in [0.05, 0.1) is 20.2 Å². The van der Waals surface area contributed by atoms with Crippen molar-refractivity contribution in [3.8, 4) is 5.75 Å². The van der Waals surface area contributed by atoms with Crippen molar-refractivity contribution in [1.29, 1.82) is 0 Å². The van der Waals surface area contributed by atoms with E-state index in [1.54, 1.807) is 7.11 Å². The summed E-state index contributed by atoms with van der Waals surface area (Å²) in [5, 5.41) is 0. The molecule has 2 aromatic rings. The average molecular weight is 431 g/mol. The van der Waals surface area contributed by atoms with Crippen molar-refractivity contribution in [1.82, 2.24) is 8.61 Å².